The van der Waals surface area contributed by atoms with Gasteiger partial charge in [-0.1, -0.05) is 72.8 Å². The maximum Gasteiger partial charge on any atom is 0.146 e. The van der Waals surface area contributed by atoms with Gasteiger partial charge in [0.25, 0.3) is 0 Å². The smallest absolute Gasteiger partial charge is 0.146 e. The molecule has 0 aliphatic carbocycles. The van der Waals surface area contributed by atoms with Crippen molar-refractivity contribution in [1.29, 1.82) is 0 Å². The molecule has 15 nitrogen and oxygen atoms in total. The third-order valence-corrected chi connectivity index (χ3v) is 19.1. The molecule has 0 saturated heterocycles. The van der Waals surface area contributed by atoms with E-state index in [1.54, 1.807) is 78.2 Å². The summed E-state index contributed by atoms with van der Waals surface area (Å²) in [6.45, 7) is 10.3. The van der Waals surface area contributed by atoms with E-state index in [4.69, 9.17) is 52.1 Å². The maximum absolute atomic E-state index is 6.22. The summed E-state index contributed by atoms with van der Waals surface area (Å²) in [6.07, 6.45) is 0. The van der Waals surface area contributed by atoms with Crippen molar-refractivity contribution in [2.24, 2.45) is 0 Å². The summed E-state index contributed by atoms with van der Waals surface area (Å²) >= 11 is 0. The van der Waals surface area contributed by atoms with E-state index in [1.165, 1.54) is 0 Å². The summed E-state index contributed by atoms with van der Waals surface area (Å²) in [4.78, 5) is 8.75. The van der Waals surface area contributed by atoms with Crippen LogP contribution in [0.2, 0.25) is 0 Å². The maximum atomic E-state index is 6.22. The van der Waals surface area contributed by atoms with Crippen molar-refractivity contribution in [3.8, 4) is 63.2 Å². The molecule has 0 unspecified atom stereocenters. The van der Waals surface area contributed by atoms with Crippen molar-refractivity contribution in [1.82, 2.24) is 0 Å². The molecule has 0 amide bonds. The van der Waals surface area contributed by atoms with Crippen LogP contribution >= 0.6 is 0 Å². The Kier molecular flexibility index (Phi) is 21.5. The predicted octanol–water partition coefficient (Wildman–Crippen LogP) is 21.6. The largest absolute Gasteiger partial charge is 0.497 e. The molecule has 0 aromatic heterocycles. The van der Waals surface area contributed by atoms with Crippen molar-refractivity contribution in [2.75, 3.05) is 97.8 Å². The molecule has 0 atom stereocenters. The number of ether oxygens (including phenoxy) is 11. The Labute approximate surface area is 611 Å². The molecule has 15 heteroatoms. The highest BCUT2D eigenvalue weighted by atomic mass is 16.5. The topological polar surface area (TPSA) is 114 Å². The molecule has 0 bridgehead atoms. The van der Waals surface area contributed by atoms with Gasteiger partial charge in [-0.3, -0.25) is 0 Å². The van der Waals surface area contributed by atoms with E-state index in [1.807, 2.05) is 78.9 Å². The molecule has 12 aromatic rings. The van der Waals surface area contributed by atoms with E-state index >= 15 is 0 Å². The second kappa shape index (κ2) is 31.3. The van der Waals surface area contributed by atoms with E-state index in [0.717, 1.165) is 124 Å². The summed E-state index contributed by atoms with van der Waals surface area (Å²) in [5.74, 6) is 7.28. The fourth-order valence-electron chi connectivity index (χ4n) is 13.9. The van der Waals surface area contributed by atoms with Crippen LogP contribution in [0, 0.1) is 34.6 Å². The van der Waals surface area contributed by atoms with Gasteiger partial charge < -0.3 is 71.7 Å². The van der Waals surface area contributed by atoms with E-state index in [2.05, 4.69) is 218 Å². The van der Waals surface area contributed by atoms with Crippen molar-refractivity contribution in [3.63, 3.8) is 0 Å². The summed E-state index contributed by atoms with van der Waals surface area (Å²) < 4.78 is 66.5. The number of hydrogen-bond donors (Lipinski definition) is 0. The van der Waals surface area contributed by atoms with Crippen LogP contribution in [0.25, 0.3) is 0 Å². The van der Waals surface area contributed by atoms with Crippen LogP contribution in [-0.4, -0.2) is 78.2 Å². The minimum atomic E-state index is -1.13. The average molecular weight is 1390 g/mol. The standard InChI is InChI=1S/C89H88N4O11/c1-57-17-41-75(82(49-57)98-10)91(76-42-18-58(2)50-83(76)99-11)67-31-23-63(24-32-67)89(62-21-29-66(30-22-62)90(74-45-37-70(94-6)53-61(74)5)79-46-38-71(95-7)54-86(79)102-14,64-25-33-68(34-26-64)92(77-43-19-59(3)51-84(77)100-12)80-47-39-72(96-8)55-87(80)103-15)65-27-35-69(36-28-65)93(78-44-20-60(4)52-85(78)101-13)81-48-40-73(97-9)56-88(81)104-16/h17-56H,1-16H3. The summed E-state index contributed by atoms with van der Waals surface area (Å²) in [7, 11) is 18.5. The van der Waals surface area contributed by atoms with Crippen molar-refractivity contribution < 1.29 is 52.1 Å². The van der Waals surface area contributed by atoms with Gasteiger partial charge in [0.1, 0.15) is 63.2 Å². The van der Waals surface area contributed by atoms with Crippen LogP contribution < -0.4 is 71.7 Å². The second-order valence-electron chi connectivity index (χ2n) is 25.2. The van der Waals surface area contributed by atoms with Gasteiger partial charge in [-0.05, 0) is 236 Å². The molecule has 530 valence electrons. The highest BCUT2D eigenvalue weighted by Crippen LogP contribution is 2.54. The third-order valence-electron chi connectivity index (χ3n) is 19.1. The Hall–Kier alpha value is -12.4. The van der Waals surface area contributed by atoms with Crippen LogP contribution in [-0.2, 0) is 5.41 Å². The van der Waals surface area contributed by atoms with Gasteiger partial charge in [0.15, 0.2) is 0 Å². The minimum Gasteiger partial charge on any atom is -0.497 e. The number of rotatable bonds is 27. The van der Waals surface area contributed by atoms with Gasteiger partial charge in [0.05, 0.1) is 123 Å². The first-order valence-electron chi connectivity index (χ1n) is 34.1. The number of anilines is 12. The molecule has 12 aromatic carbocycles. The van der Waals surface area contributed by atoms with Crippen LogP contribution in [0.15, 0.2) is 243 Å². The monoisotopic (exact) mass is 1390 g/mol. The fourth-order valence-corrected chi connectivity index (χ4v) is 13.9. The van der Waals surface area contributed by atoms with Crippen LogP contribution in [0.3, 0.4) is 0 Å². The zero-order valence-electron chi connectivity index (χ0n) is 61.9. The quantitative estimate of drug-likeness (QED) is 0.0455. The molecule has 104 heavy (non-hydrogen) atoms. The molecular weight excluding hydrogens is 1300 g/mol. The Balaban J connectivity index is 1.17. The molecule has 0 aliphatic rings. The number of benzene rings is 12. The van der Waals surface area contributed by atoms with Crippen LogP contribution in [0.1, 0.15) is 50.1 Å². The number of nitrogens with zero attached hydrogens (tertiary/aromatic N) is 4. The Morgan fingerprint density at radius 2 is 0.385 bits per heavy atom. The zero-order chi connectivity index (χ0) is 73.3. The minimum absolute atomic E-state index is 0.599. The summed E-state index contributed by atoms with van der Waals surface area (Å²) in [6, 6.07) is 84.0. The number of hydrogen-bond acceptors (Lipinski definition) is 15. The predicted molar refractivity (Wildman–Crippen MR) is 419 cm³/mol. The van der Waals surface area contributed by atoms with Gasteiger partial charge in [-0.25, -0.2) is 0 Å². The van der Waals surface area contributed by atoms with Gasteiger partial charge in [0.2, 0.25) is 0 Å². The first-order valence-corrected chi connectivity index (χ1v) is 34.1. The number of aryl methyl sites for hydroxylation is 5. The average Bonchev–Trinajstić information content (AvgIpc) is 0.741. The third kappa shape index (κ3) is 13.8. The molecule has 0 radical (unpaired) electrons. The molecule has 12 rings (SSSR count). The van der Waals surface area contributed by atoms with E-state index < -0.39 is 5.41 Å². The summed E-state index contributed by atoms with van der Waals surface area (Å²) in [5.41, 5.74) is 17.7. The van der Waals surface area contributed by atoms with Crippen molar-refractivity contribution in [3.05, 3.63) is 293 Å². The molecule has 0 N–H and O–H groups in total. The molecule has 0 heterocycles. The summed E-state index contributed by atoms with van der Waals surface area (Å²) in [5, 5.41) is 0. The zero-order valence-corrected chi connectivity index (χ0v) is 61.9. The lowest BCUT2D eigenvalue weighted by molar-refractivity contribution is 0.394. The van der Waals surface area contributed by atoms with E-state index in [0.29, 0.717) is 57.5 Å². The number of methoxy groups -OCH3 is 11. The van der Waals surface area contributed by atoms with Gasteiger partial charge in [-0.2, -0.15) is 0 Å². The SMILES string of the molecule is COc1ccc(N(c2ccc(C(c3ccc(N(c4ccc(C)cc4OC)c4ccc(C)cc4OC)cc3)(c3ccc(N(c4ccc(C)cc4OC)c4ccc(OC)cc4OC)cc3)c3ccc(N(c4ccc(C)cc4OC)c4ccc(OC)cc4OC)cc3)cc2)c2ccc(OC)cc2OC)c(C)c1. The van der Waals surface area contributed by atoms with Gasteiger partial charge in [-0.15, -0.1) is 0 Å². The van der Waals surface area contributed by atoms with Crippen LogP contribution in [0.4, 0.5) is 68.2 Å². The van der Waals surface area contributed by atoms with Crippen molar-refractivity contribution >= 4 is 68.2 Å². The first-order chi connectivity index (χ1) is 50.6. The molecular formula is C89H88N4O11. The first kappa shape index (κ1) is 71.5. The molecule has 0 aliphatic heterocycles. The highest BCUT2D eigenvalue weighted by molar-refractivity contribution is 5.89. The van der Waals surface area contributed by atoms with E-state index in [9.17, 15) is 0 Å². The molecule has 0 saturated carbocycles. The van der Waals surface area contributed by atoms with Gasteiger partial charge in [0, 0.05) is 46.6 Å². The second-order valence-corrected chi connectivity index (χ2v) is 25.2. The lowest BCUT2D eigenvalue weighted by atomic mass is 9.65. The van der Waals surface area contributed by atoms with E-state index in [-0.39, 0.29) is 0 Å². The lowest BCUT2D eigenvalue weighted by Gasteiger charge is -2.38. The fraction of sp³-hybridized carbons (Fsp3) is 0.191. The Morgan fingerprint density at radius 1 is 0.192 bits per heavy atom. The highest BCUT2D eigenvalue weighted by Gasteiger charge is 2.40. The van der Waals surface area contributed by atoms with Gasteiger partial charge >= 0.3 is 0 Å². The Morgan fingerprint density at radius 3 is 0.596 bits per heavy atom. The lowest BCUT2D eigenvalue weighted by Crippen LogP contribution is -2.31. The van der Waals surface area contributed by atoms with Crippen LogP contribution in [0.5, 0.6) is 63.2 Å². The molecule has 0 spiro atoms. The Bertz CT molecular complexity index is 4790. The normalized spacial score (nSPS) is 11.1. The molecule has 0 fully saturated rings. The van der Waals surface area contributed by atoms with Crippen molar-refractivity contribution in [2.45, 2.75) is 40.0 Å².